The average Bonchev–Trinajstić information content (AvgIpc) is 3.37. The number of hydrogen-bond acceptors (Lipinski definition) is 5. The van der Waals surface area contributed by atoms with Crippen LogP contribution in [-0.4, -0.2) is 37.2 Å². The molecule has 4 bridgehead atoms. The first-order valence-corrected chi connectivity index (χ1v) is 14.6. The number of nitrogens with zero attached hydrogens (tertiary/aromatic N) is 1. The first kappa shape index (κ1) is 26.6. The maximum absolute atomic E-state index is 13.0. The van der Waals surface area contributed by atoms with Gasteiger partial charge in [-0.3, -0.25) is 9.59 Å². The van der Waals surface area contributed by atoms with Gasteiger partial charge in [-0.1, -0.05) is 59.7 Å². The molecule has 0 spiro atoms. The molecule has 0 aromatic heterocycles. The fourth-order valence-corrected chi connectivity index (χ4v) is 8.51. The molecular weight excluding hydrogens is 462 g/mol. The molecule has 5 rings (SSSR count). The standard InChI is InChI=1S/C32H47NO4/c1-29(2)22-12-16-31(29,5)25(20-22)36-27(34)14-18-33(24-10-8-7-9-11-24)19-15-28(35)37-26-21-23-13-17-32(26,6)30(23,3)4/h7-11,22-23,25-26H,12-21H2,1-6H3/t22?,23?,25?,26?,31-,32-/m0/s1. The number of ether oxygens (including phenoxy) is 2. The van der Waals surface area contributed by atoms with E-state index >= 15 is 0 Å². The third-order valence-corrected chi connectivity index (χ3v) is 12.3. The smallest absolute Gasteiger partial charge is 0.307 e. The van der Waals surface area contributed by atoms with Gasteiger partial charge in [0.05, 0.1) is 12.8 Å². The number of carbonyl (C=O) groups excluding carboxylic acids is 2. The number of esters is 2. The predicted octanol–water partition coefficient (Wildman–Crippen LogP) is 6.79. The lowest BCUT2D eigenvalue weighted by molar-refractivity contribution is -0.157. The summed E-state index contributed by atoms with van der Waals surface area (Å²) in [7, 11) is 0. The molecule has 0 saturated heterocycles. The number of hydrogen-bond donors (Lipinski definition) is 0. The van der Waals surface area contributed by atoms with E-state index in [4.69, 9.17) is 9.47 Å². The molecule has 4 saturated carbocycles. The van der Waals surface area contributed by atoms with Gasteiger partial charge in [0, 0.05) is 29.6 Å². The molecule has 5 nitrogen and oxygen atoms in total. The van der Waals surface area contributed by atoms with E-state index in [1.807, 2.05) is 30.3 Å². The Morgan fingerprint density at radius 3 is 1.54 bits per heavy atom. The Balaban J connectivity index is 1.16. The zero-order valence-electron chi connectivity index (χ0n) is 23.8. The average molecular weight is 510 g/mol. The van der Waals surface area contributed by atoms with E-state index in [9.17, 15) is 9.59 Å². The van der Waals surface area contributed by atoms with Crippen LogP contribution in [0.15, 0.2) is 30.3 Å². The highest BCUT2D eigenvalue weighted by Crippen LogP contribution is 2.67. The van der Waals surface area contributed by atoms with Gasteiger partial charge in [0.1, 0.15) is 12.2 Å². The van der Waals surface area contributed by atoms with Gasteiger partial charge in [-0.25, -0.2) is 0 Å². The summed E-state index contributed by atoms with van der Waals surface area (Å²) < 4.78 is 12.2. The van der Waals surface area contributed by atoms with E-state index in [-0.39, 0.29) is 45.8 Å². The highest BCUT2D eigenvalue weighted by molar-refractivity contribution is 5.72. The fraction of sp³-hybridized carbons (Fsp3) is 0.750. The molecule has 204 valence electrons. The van der Waals surface area contributed by atoms with Crippen LogP contribution in [0.2, 0.25) is 0 Å². The molecular formula is C32H47NO4. The number of fused-ring (bicyclic) bond motifs is 4. The van der Waals surface area contributed by atoms with E-state index in [0.29, 0.717) is 37.8 Å². The normalized spacial score (nSPS) is 36.5. The van der Waals surface area contributed by atoms with Crippen molar-refractivity contribution in [2.75, 3.05) is 18.0 Å². The Bertz CT molecular complexity index is 957. The van der Waals surface area contributed by atoms with Gasteiger partial charge in [0.2, 0.25) is 0 Å². The van der Waals surface area contributed by atoms with Crippen LogP contribution in [0.5, 0.6) is 0 Å². The van der Waals surface area contributed by atoms with Crippen LogP contribution in [0.3, 0.4) is 0 Å². The minimum atomic E-state index is -0.129. The second kappa shape index (κ2) is 9.31. The zero-order valence-corrected chi connectivity index (χ0v) is 23.8. The summed E-state index contributed by atoms with van der Waals surface area (Å²) >= 11 is 0. The van der Waals surface area contributed by atoms with Crippen molar-refractivity contribution in [1.82, 2.24) is 0 Å². The van der Waals surface area contributed by atoms with Crippen LogP contribution in [0.1, 0.15) is 92.9 Å². The molecule has 1 aromatic carbocycles. The van der Waals surface area contributed by atoms with Gasteiger partial charge < -0.3 is 14.4 Å². The van der Waals surface area contributed by atoms with Crippen LogP contribution in [-0.2, 0) is 19.1 Å². The highest BCUT2D eigenvalue weighted by Gasteiger charge is 2.63. The lowest BCUT2D eigenvalue weighted by Crippen LogP contribution is -2.39. The van der Waals surface area contributed by atoms with E-state index in [0.717, 1.165) is 31.4 Å². The van der Waals surface area contributed by atoms with Crippen molar-refractivity contribution >= 4 is 17.6 Å². The molecule has 37 heavy (non-hydrogen) atoms. The van der Waals surface area contributed by atoms with Gasteiger partial charge in [0.25, 0.3) is 0 Å². The molecule has 4 fully saturated rings. The van der Waals surface area contributed by atoms with Gasteiger partial charge in [0.15, 0.2) is 0 Å². The second-order valence-electron chi connectivity index (χ2n) is 14.0. The molecule has 4 unspecified atom stereocenters. The van der Waals surface area contributed by atoms with Crippen LogP contribution in [0, 0.1) is 33.5 Å². The molecule has 0 aliphatic heterocycles. The van der Waals surface area contributed by atoms with Crippen LogP contribution >= 0.6 is 0 Å². The number of benzene rings is 1. The monoisotopic (exact) mass is 509 g/mol. The number of anilines is 1. The van der Waals surface area contributed by atoms with E-state index in [1.165, 1.54) is 12.8 Å². The first-order valence-electron chi connectivity index (χ1n) is 14.6. The molecule has 6 atom stereocenters. The SMILES string of the molecule is CC1(C)C2CC[C@@]1(C)C(OC(=O)CCN(CCC(=O)OC1CC3CC[C@]1(C)C3(C)C)c1ccccc1)C2. The van der Waals surface area contributed by atoms with Crippen molar-refractivity contribution in [3.05, 3.63) is 30.3 Å². The Kier molecular flexibility index (Phi) is 6.68. The molecule has 5 heteroatoms. The Morgan fingerprint density at radius 1 is 0.757 bits per heavy atom. The number of carbonyl (C=O) groups is 2. The van der Waals surface area contributed by atoms with Crippen LogP contribution < -0.4 is 4.90 Å². The molecule has 4 aliphatic carbocycles. The van der Waals surface area contributed by atoms with Crippen molar-refractivity contribution in [3.63, 3.8) is 0 Å². The molecule has 0 amide bonds. The topological polar surface area (TPSA) is 55.8 Å². The number of rotatable bonds is 9. The van der Waals surface area contributed by atoms with E-state index in [2.05, 4.69) is 46.4 Å². The Labute approximate surface area is 223 Å². The van der Waals surface area contributed by atoms with E-state index in [1.54, 1.807) is 0 Å². The van der Waals surface area contributed by atoms with Crippen LogP contribution in [0.25, 0.3) is 0 Å². The number of para-hydroxylation sites is 1. The second-order valence-corrected chi connectivity index (χ2v) is 14.0. The van der Waals surface area contributed by atoms with Crippen molar-refractivity contribution in [3.8, 4) is 0 Å². The molecule has 0 heterocycles. The molecule has 4 aliphatic rings. The van der Waals surface area contributed by atoms with Crippen molar-refractivity contribution < 1.29 is 19.1 Å². The summed E-state index contributed by atoms with van der Waals surface area (Å²) in [6, 6.07) is 10.1. The zero-order chi connectivity index (χ0) is 26.6. The summed E-state index contributed by atoms with van der Waals surface area (Å²) in [4.78, 5) is 28.0. The van der Waals surface area contributed by atoms with Gasteiger partial charge in [-0.15, -0.1) is 0 Å². The van der Waals surface area contributed by atoms with Crippen molar-refractivity contribution in [2.45, 2.75) is 105 Å². The predicted molar refractivity (Wildman–Crippen MR) is 146 cm³/mol. The summed E-state index contributed by atoms with van der Waals surface area (Å²) in [5, 5.41) is 0. The molecule has 0 N–H and O–H groups in total. The first-order chi connectivity index (χ1) is 17.4. The lowest BCUT2D eigenvalue weighted by Gasteiger charge is -2.38. The van der Waals surface area contributed by atoms with Crippen molar-refractivity contribution in [1.29, 1.82) is 0 Å². The van der Waals surface area contributed by atoms with Gasteiger partial charge >= 0.3 is 11.9 Å². The van der Waals surface area contributed by atoms with Crippen molar-refractivity contribution in [2.24, 2.45) is 33.5 Å². The highest BCUT2D eigenvalue weighted by atomic mass is 16.5. The van der Waals surface area contributed by atoms with Crippen LogP contribution in [0.4, 0.5) is 5.69 Å². The third-order valence-electron chi connectivity index (χ3n) is 12.3. The Morgan fingerprint density at radius 2 is 1.19 bits per heavy atom. The minimum absolute atomic E-state index is 0.0151. The minimum Gasteiger partial charge on any atom is -0.462 e. The molecule has 0 radical (unpaired) electrons. The van der Waals surface area contributed by atoms with Gasteiger partial charge in [-0.2, -0.15) is 0 Å². The summed E-state index contributed by atoms with van der Waals surface area (Å²) in [6.45, 7) is 15.0. The van der Waals surface area contributed by atoms with E-state index < -0.39 is 0 Å². The quantitative estimate of drug-likeness (QED) is 0.343. The fourth-order valence-electron chi connectivity index (χ4n) is 8.51. The Hall–Kier alpha value is -2.04. The summed E-state index contributed by atoms with van der Waals surface area (Å²) in [5.74, 6) is 1.03. The largest absolute Gasteiger partial charge is 0.462 e. The summed E-state index contributed by atoms with van der Waals surface area (Å²) in [5.41, 5.74) is 1.60. The maximum Gasteiger partial charge on any atom is 0.307 e. The molecule has 1 aromatic rings. The third kappa shape index (κ3) is 4.29. The summed E-state index contributed by atoms with van der Waals surface area (Å²) in [6.07, 6.45) is 7.40. The lowest BCUT2D eigenvalue weighted by atomic mass is 9.70. The maximum atomic E-state index is 13.0. The van der Waals surface area contributed by atoms with Gasteiger partial charge in [-0.05, 0) is 73.3 Å².